The molecule has 0 fully saturated rings. The number of carbonyl (C=O) groups excluding carboxylic acids is 1. The van der Waals surface area contributed by atoms with E-state index in [1.165, 1.54) is 9.18 Å². The summed E-state index contributed by atoms with van der Waals surface area (Å²) in [6, 6.07) is 15.4. The Morgan fingerprint density at radius 2 is 1.86 bits per heavy atom. The minimum absolute atomic E-state index is 0.186. The number of fused-ring (bicyclic) bond motifs is 1. The highest BCUT2D eigenvalue weighted by atomic mass is 32.2. The van der Waals surface area contributed by atoms with Gasteiger partial charge in [0.05, 0.1) is 24.6 Å². The van der Waals surface area contributed by atoms with Crippen LogP contribution in [0, 0.1) is 6.92 Å². The molecule has 7 nitrogen and oxygen atoms in total. The van der Waals surface area contributed by atoms with Crippen molar-refractivity contribution in [3.63, 3.8) is 0 Å². The van der Waals surface area contributed by atoms with Crippen molar-refractivity contribution in [1.82, 2.24) is 9.21 Å². The summed E-state index contributed by atoms with van der Waals surface area (Å²) in [6.07, 6.45) is 0.737. The lowest BCUT2D eigenvalue weighted by Gasteiger charge is -2.37. The highest BCUT2D eigenvalue weighted by molar-refractivity contribution is 7.89. The largest absolute Gasteiger partial charge is 0.497 e. The van der Waals surface area contributed by atoms with Crippen molar-refractivity contribution in [2.24, 2.45) is 0 Å². The fourth-order valence-corrected chi connectivity index (χ4v) is 6.87. The van der Waals surface area contributed by atoms with Gasteiger partial charge in [-0.1, -0.05) is 23.8 Å². The van der Waals surface area contributed by atoms with Gasteiger partial charge in [0.15, 0.2) is 0 Å². The summed E-state index contributed by atoms with van der Waals surface area (Å²) in [7, 11) is -2.24. The van der Waals surface area contributed by atoms with Crippen LogP contribution >= 0.6 is 11.3 Å². The molecule has 2 heterocycles. The van der Waals surface area contributed by atoms with E-state index in [0.29, 0.717) is 18.0 Å². The topological polar surface area (TPSA) is 76.2 Å². The molecular formula is C27H32N2O5S2. The molecule has 0 saturated heterocycles. The van der Waals surface area contributed by atoms with Crippen molar-refractivity contribution >= 4 is 27.3 Å². The molecule has 9 heteroatoms. The summed E-state index contributed by atoms with van der Waals surface area (Å²) in [5.74, 6) is 1.10. The zero-order valence-corrected chi connectivity index (χ0v) is 22.6. The van der Waals surface area contributed by atoms with Crippen LogP contribution in [-0.4, -0.2) is 56.4 Å². The Balaban J connectivity index is 1.56. The van der Waals surface area contributed by atoms with Crippen molar-refractivity contribution < 1.29 is 22.7 Å². The molecule has 192 valence electrons. The molecule has 0 spiro atoms. The van der Waals surface area contributed by atoms with Crippen LogP contribution in [0.5, 0.6) is 11.5 Å². The number of benzene rings is 2. The van der Waals surface area contributed by atoms with Crippen molar-refractivity contribution in [1.29, 1.82) is 0 Å². The number of nitrogens with zero attached hydrogens (tertiary/aromatic N) is 2. The first-order valence-corrected chi connectivity index (χ1v) is 14.2. The maximum atomic E-state index is 13.6. The molecule has 1 aliphatic rings. The second kappa shape index (κ2) is 11.0. The quantitative estimate of drug-likeness (QED) is 0.404. The Kier molecular flexibility index (Phi) is 8.02. The lowest BCUT2D eigenvalue weighted by atomic mass is 10.0. The number of hydrogen-bond donors (Lipinski definition) is 0. The summed E-state index contributed by atoms with van der Waals surface area (Å²) in [5, 5.41) is 2.03. The van der Waals surface area contributed by atoms with Gasteiger partial charge < -0.3 is 14.4 Å². The van der Waals surface area contributed by atoms with Gasteiger partial charge in [-0.15, -0.1) is 11.3 Å². The molecule has 0 unspecified atom stereocenters. The predicted octanol–water partition coefficient (Wildman–Crippen LogP) is 4.67. The summed E-state index contributed by atoms with van der Waals surface area (Å²) in [5.41, 5.74) is 2.03. The zero-order valence-electron chi connectivity index (χ0n) is 21.0. The average Bonchev–Trinajstić information content (AvgIpc) is 3.35. The van der Waals surface area contributed by atoms with E-state index in [-0.39, 0.29) is 36.0 Å². The first-order chi connectivity index (χ1) is 17.2. The van der Waals surface area contributed by atoms with E-state index < -0.39 is 10.0 Å². The number of sulfonamides is 1. The minimum Gasteiger partial charge on any atom is -0.497 e. The molecule has 1 aromatic heterocycles. The maximum absolute atomic E-state index is 13.6. The Morgan fingerprint density at radius 3 is 2.56 bits per heavy atom. The average molecular weight is 529 g/mol. The van der Waals surface area contributed by atoms with Gasteiger partial charge in [0.1, 0.15) is 18.1 Å². The highest BCUT2D eigenvalue weighted by Gasteiger charge is 2.36. The molecule has 1 atom stereocenters. The smallest absolute Gasteiger partial charge is 0.243 e. The van der Waals surface area contributed by atoms with Crippen LogP contribution < -0.4 is 9.47 Å². The van der Waals surface area contributed by atoms with Crippen molar-refractivity contribution in [2.45, 2.75) is 44.2 Å². The number of hydrogen-bond acceptors (Lipinski definition) is 6. The second-order valence-electron chi connectivity index (χ2n) is 9.10. The number of carbonyl (C=O) groups is 1. The molecule has 0 radical (unpaired) electrons. The number of methoxy groups -OCH3 is 1. The molecule has 4 rings (SSSR count). The molecule has 0 N–H and O–H groups in total. The van der Waals surface area contributed by atoms with E-state index in [9.17, 15) is 13.2 Å². The van der Waals surface area contributed by atoms with Crippen molar-refractivity contribution in [3.8, 4) is 11.5 Å². The number of thiophene rings is 1. The van der Waals surface area contributed by atoms with Gasteiger partial charge in [-0.05, 0) is 68.5 Å². The van der Waals surface area contributed by atoms with Crippen molar-refractivity contribution in [3.05, 3.63) is 76.0 Å². The minimum atomic E-state index is -3.84. The van der Waals surface area contributed by atoms with E-state index in [0.717, 1.165) is 17.5 Å². The Morgan fingerprint density at radius 1 is 1.14 bits per heavy atom. The van der Waals surface area contributed by atoms with Gasteiger partial charge in [-0.3, -0.25) is 4.79 Å². The fraction of sp³-hybridized carbons (Fsp3) is 0.370. The number of amides is 1. The summed E-state index contributed by atoms with van der Waals surface area (Å²) < 4.78 is 39.5. The maximum Gasteiger partial charge on any atom is 0.243 e. The van der Waals surface area contributed by atoms with Crippen LogP contribution in [0.3, 0.4) is 0 Å². The molecule has 1 aliphatic heterocycles. The normalized spacial score (nSPS) is 15.7. The molecule has 2 aromatic carbocycles. The number of ether oxygens (including phenoxy) is 2. The first kappa shape index (κ1) is 26.2. The van der Waals surface area contributed by atoms with Crippen LogP contribution in [0.4, 0.5) is 0 Å². The van der Waals surface area contributed by atoms with Gasteiger partial charge in [0, 0.05) is 23.5 Å². The lowest BCUT2D eigenvalue weighted by molar-refractivity contribution is -0.135. The Hall–Kier alpha value is -2.88. The second-order valence-corrected chi connectivity index (χ2v) is 12.0. The van der Waals surface area contributed by atoms with E-state index in [2.05, 4.69) is 0 Å². The first-order valence-electron chi connectivity index (χ1n) is 11.9. The SMILES string of the molecule is COc1cccc(OC[C@H]2c3ccsc3CCN2C(=O)CN(C(C)C)S(=O)(=O)c2ccc(C)cc2)c1. The van der Waals surface area contributed by atoms with E-state index in [1.54, 1.807) is 67.5 Å². The fourth-order valence-electron chi connectivity index (χ4n) is 4.36. The van der Waals surface area contributed by atoms with E-state index in [4.69, 9.17) is 9.47 Å². The van der Waals surface area contributed by atoms with Gasteiger partial charge in [-0.25, -0.2) is 8.42 Å². The van der Waals surface area contributed by atoms with Gasteiger partial charge in [0.2, 0.25) is 15.9 Å². The van der Waals surface area contributed by atoms with Crippen LogP contribution in [0.2, 0.25) is 0 Å². The molecule has 1 amide bonds. The molecule has 3 aromatic rings. The number of rotatable bonds is 9. The molecular weight excluding hydrogens is 496 g/mol. The predicted molar refractivity (Wildman–Crippen MR) is 141 cm³/mol. The van der Waals surface area contributed by atoms with Gasteiger partial charge in [0.25, 0.3) is 0 Å². The lowest BCUT2D eigenvalue weighted by Crippen LogP contribution is -2.49. The third kappa shape index (κ3) is 5.58. The third-order valence-corrected chi connectivity index (χ3v) is 9.39. The van der Waals surface area contributed by atoms with E-state index in [1.807, 2.05) is 36.6 Å². The molecule has 0 aliphatic carbocycles. The monoisotopic (exact) mass is 528 g/mol. The van der Waals surface area contributed by atoms with Gasteiger partial charge >= 0.3 is 0 Å². The summed E-state index contributed by atoms with van der Waals surface area (Å²) in [6.45, 7) is 6.02. The molecule has 0 bridgehead atoms. The van der Waals surface area contributed by atoms with Crippen LogP contribution in [0.1, 0.15) is 35.9 Å². The van der Waals surface area contributed by atoms with Crippen LogP contribution in [0.25, 0.3) is 0 Å². The standard InChI is InChI=1S/C27H32N2O5S2/c1-19(2)29(36(31,32)23-10-8-20(3)9-11-23)17-27(30)28-14-12-26-24(13-15-35-26)25(28)18-34-22-7-5-6-21(16-22)33-4/h5-11,13,15-16,19,25H,12,14,17-18H2,1-4H3/t25-/m0/s1. The summed E-state index contributed by atoms with van der Waals surface area (Å²) in [4.78, 5) is 16.8. The molecule has 36 heavy (non-hydrogen) atoms. The highest BCUT2D eigenvalue weighted by Crippen LogP contribution is 2.34. The van der Waals surface area contributed by atoms with E-state index >= 15 is 0 Å². The van der Waals surface area contributed by atoms with Crippen LogP contribution in [0.15, 0.2) is 64.9 Å². The Bertz CT molecular complexity index is 1300. The number of aryl methyl sites for hydroxylation is 1. The van der Waals surface area contributed by atoms with Crippen LogP contribution in [-0.2, 0) is 21.2 Å². The summed E-state index contributed by atoms with van der Waals surface area (Å²) >= 11 is 1.67. The zero-order chi connectivity index (χ0) is 25.9. The van der Waals surface area contributed by atoms with Crippen molar-refractivity contribution in [2.75, 3.05) is 26.8 Å². The third-order valence-electron chi connectivity index (χ3n) is 6.36. The van der Waals surface area contributed by atoms with Gasteiger partial charge in [-0.2, -0.15) is 4.31 Å². The molecule has 0 saturated carbocycles. The Labute approximate surface area is 217 Å².